The number of rotatable bonds is 9. The van der Waals surface area contributed by atoms with Crippen molar-refractivity contribution in [2.75, 3.05) is 13.1 Å². The van der Waals surface area contributed by atoms with Crippen molar-refractivity contribution in [3.63, 3.8) is 0 Å². The van der Waals surface area contributed by atoms with Crippen molar-refractivity contribution < 1.29 is 4.79 Å². The minimum atomic E-state index is -0.118. The molecule has 0 spiro atoms. The number of nitrogens with one attached hydrogen (secondary N) is 2. The lowest BCUT2D eigenvalue weighted by Crippen LogP contribution is -2.48. The van der Waals surface area contributed by atoms with Gasteiger partial charge in [0.25, 0.3) is 0 Å². The van der Waals surface area contributed by atoms with Crippen LogP contribution in [0.15, 0.2) is 0 Å². The zero-order chi connectivity index (χ0) is 13.3. The molecular formula is C13H29N3O. The van der Waals surface area contributed by atoms with Gasteiger partial charge in [-0.3, -0.25) is 4.79 Å². The van der Waals surface area contributed by atoms with Crippen LogP contribution in [0.4, 0.5) is 0 Å². The van der Waals surface area contributed by atoms with Crippen molar-refractivity contribution in [1.29, 1.82) is 0 Å². The summed E-state index contributed by atoms with van der Waals surface area (Å²) in [6, 6.07) is 0.538. The highest BCUT2D eigenvalue weighted by Crippen LogP contribution is 2.14. The first kappa shape index (κ1) is 16.4. The fraction of sp³-hybridized carbons (Fsp3) is 0.923. The van der Waals surface area contributed by atoms with Crippen LogP contribution >= 0.6 is 0 Å². The van der Waals surface area contributed by atoms with Crippen molar-refractivity contribution >= 4 is 5.91 Å². The molecule has 0 aliphatic carbocycles. The molecule has 0 saturated heterocycles. The van der Waals surface area contributed by atoms with Crippen LogP contribution in [-0.2, 0) is 4.79 Å². The minimum absolute atomic E-state index is 0.0559. The van der Waals surface area contributed by atoms with E-state index in [1.807, 2.05) is 0 Å². The van der Waals surface area contributed by atoms with Crippen molar-refractivity contribution in [2.24, 2.45) is 5.73 Å². The molecule has 0 saturated carbocycles. The molecule has 2 unspecified atom stereocenters. The summed E-state index contributed by atoms with van der Waals surface area (Å²) in [5.41, 5.74) is 5.26. The maximum atomic E-state index is 11.6. The third kappa shape index (κ3) is 7.34. The normalized spacial score (nSPS) is 16.3. The largest absolute Gasteiger partial charge is 0.351 e. The van der Waals surface area contributed by atoms with Crippen LogP contribution in [0, 0.1) is 0 Å². The Labute approximate surface area is 106 Å². The minimum Gasteiger partial charge on any atom is -0.351 e. The Kier molecular flexibility index (Phi) is 8.17. The molecule has 2 atom stereocenters. The summed E-state index contributed by atoms with van der Waals surface area (Å²) >= 11 is 0. The molecule has 17 heavy (non-hydrogen) atoms. The highest BCUT2D eigenvalue weighted by molar-refractivity contribution is 5.76. The second-order valence-electron chi connectivity index (χ2n) is 5.01. The van der Waals surface area contributed by atoms with E-state index in [0.29, 0.717) is 19.0 Å². The van der Waals surface area contributed by atoms with Crippen molar-refractivity contribution in [2.45, 2.75) is 65.0 Å². The van der Waals surface area contributed by atoms with Gasteiger partial charge in [-0.25, -0.2) is 0 Å². The maximum absolute atomic E-state index is 11.6. The zero-order valence-corrected chi connectivity index (χ0v) is 11.8. The summed E-state index contributed by atoms with van der Waals surface area (Å²) in [6.07, 6.45) is 3.42. The average Bonchev–Trinajstić information content (AvgIpc) is 2.29. The van der Waals surface area contributed by atoms with Crippen molar-refractivity contribution in [3.8, 4) is 0 Å². The molecule has 4 nitrogen and oxygen atoms in total. The van der Waals surface area contributed by atoms with E-state index in [2.05, 4.69) is 38.3 Å². The van der Waals surface area contributed by atoms with Gasteiger partial charge in [-0.1, -0.05) is 13.8 Å². The fourth-order valence-electron chi connectivity index (χ4n) is 1.60. The summed E-state index contributed by atoms with van der Waals surface area (Å²) in [5, 5.41) is 6.53. The third-order valence-electron chi connectivity index (χ3n) is 3.37. The van der Waals surface area contributed by atoms with Gasteiger partial charge in [0.2, 0.25) is 5.91 Å². The van der Waals surface area contributed by atoms with Gasteiger partial charge in [0.05, 0.1) is 0 Å². The van der Waals surface area contributed by atoms with Crippen LogP contribution in [0.3, 0.4) is 0 Å². The van der Waals surface area contributed by atoms with Gasteiger partial charge >= 0.3 is 0 Å². The number of hydrogen-bond acceptors (Lipinski definition) is 3. The number of nitrogens with two attached hydrogens (primary N) is 1. The molecule has 0 aromatic carbocycles. The lowest BCUT2D eigenvalue weighted by molar-refractivity contribution is -0.122. The summed E-state index contributed by atoms with van der Waals surface area (Å²) in [7, 11) is 0. The Bertz CT molecular complexity index is 221. The average molecular weight is 243 g/mol. The molecule has 102 valence electrons. The second-order valence-corrected chi connectivity index (χ2v) is 5.01. The van der Waals surface area contributed by atoms with Crippen LogP contribution in [0.25, 0.3) is 0 Å². The summed E-state index contributed by atoms with van der Waals surface area (Å²) < 4.78 is 0. The second kappa shape index (κ2) is 8.48. The van der Waals surface area contributed by atoms with Crippen LogP contribution in [0.2, 0.25) is 0 Å². The molecule has 0 aromatic rings. The van der Waals surface area contributed by atoms with Gasteiger partial charge in [0.15, 0.2) is 0 Å². The van der Waals surface area contributed by atoms with Crippen molar-refractivity contribution in [3.05, 3.63) is 0 Å². The van der Waals surface area contributed by atoms with Gasteiger partial charge in [-0.15, -0.1) is 0 Å². The van der Waals surface area contributed by atoms with E-state index in [1.54, 1.807) is 0 Å². The molecule has 0 aliphatic rings. The zero-order valence-electron chi connectivity index (χ0n) is 11.8. The topological polar surface area (TPSA) is 67.1 Å². The predicted octanol–water partition coefficient (Wildman–Crippen LogP) is 1.40. The van der Waals surface area contributed by atoms with Crippen LogP contribution in [-0.4, -0.2) is 30.6 Å². The molecule has 0 radical (unpaired) electrons. The quantitative estimate of drug-likeness (QED) is 0.573. The van der Waals surface area contributed by atoms with Crippen LogP contribution in [0.1, 0.15) is 53.4 Å². The van der Waals surface area contributed by atoms with Crippen LogP contribution in [0.5, 0.6) is 0 Å². The number of carbonyl (C=O) groups excluding carboxylic acids is 1. The first-order chi connectivity index (χ1) is 7.97. The highest BCUT2D eigenvalue weighted by atomic mass is 16.1. The van der Waals surface area contributed by atoms with Gasteiger partial charge in [0.1, 0.15) is 0 Å². The summed E-state index contributed by atoms with van der Waals surface area (Å²) in [6.45, 7) is 9.89. The summed E-state index contributed by atoms with van der Waals surface area (Å²) in [5.74, 6) is 0.0559. The third-order valence-corrected chi connectivity index (χ3v) is 3.37. The smallest absolute Gasteiger partial charge is 0.221 e. The Morgan fingerprint density at radius 2 is 2.06 bits per heavy atom. The van der Waals surface area contributed by atoms with E-state index in [9.17, 15) is 4.79 Å². The molecule has 4 N–H and O–H groups in total. The van der Waals surface area contributed by atoms with E-state index >= 15 is 0 Å². The predicted molar refractivity (Wildman–Crippen MR) is 72.9 cm³/mol. The van der Waals surface area contributed by atoms with E-state index < -0.39 is 0 Å². The molecule has 0 aromatic heterocycles. The Balaban J connectivity index is 4.04. The molecule has 0 fully saturated rings. The Morgan fingerprint density at radius 1 is 1.41 bits per heavy atom. The number of carbonyl (C=O) groups is 1. The van der Waals surface area contributed by atoms with Gasteiger partial charge in [-0.05, 0) is 39.7 Å². The van der Waals surface area contributed by atoms with E-state index in [4.69, 9.17) is 5.73 Å². The fourth-order valence-corrected chi connectivity index (χ4v) is 1.60. The molecular weight excluding hydrogens is 214 g/mol. The maximum Gasteiger partial charge on any atom is 0.221 e. The van der Waals surface area contributed by atoms with Gasteiger partial charge < -0.3 is 16.4 Å². The first-order valence-electron chi connectivity index (χ1n) is 6.72. The monoisotopic (exact) mass is 243 g/mol. The molecule has 4 heteroatoms. The lowest BCUT2D eigenvalue weighted by atomic mass is 9.94. The number of hydrogen-bond donors (Lipinski definition) is 3. The molecule has 1 amide bonds. The van der Waals surface area contributed by atoms with E-state index in [0.717, 1.165) is 25.8 Å². The van der Waals surface area contributed by atoms with Gasteiger partial charge in [0, 0.05) is 24.5 Å². The summed E-state index contributed by atoms with van der Waals surface area (Å²) in [4.78, 5) is 11.6. The first-order valence-corrected chi connectivity index (χ1v) is 6.72. The standard InChI is InChI=1S/C13H29N3O/c1-5-11(3)15-10-8-13(4,6-2)16-12(17)7-9-14/h11,15H,5-10,14H2,1-4H3,(H,16,17). The molecule has 0 aliphatic heterocycles. The molecule has 0 bridgehead atoms. The molecule has 0 heterocycles. The SMILES string of the molecule is CCC(C)NCCC(C)(CC)NC(=O)CCN. The lowest BCUT2D eigenvalue weighted by Gasteiger charge is -2.30. The van der Waals surface area contributed by atoms with E-state index in [-0.39, 0.29) is 11.4 Å². The van der Waals surface area contributed by atoms with Gasteiger partial charge in [-0.2, -0.15) is 0 Å². The van der Waals surface area contributed by atoms with E-state index in [1.165, 1.54) is 0 Å². The Morgan fingerprint density at radius 3 is 2.53 bits per heavy atom. The highest BCUT2D eigenvalue weighted by Gasteiger charge is 2.23. The number of amides is 1. The Hall–Kier alpha value is -0.610. The van der Waals surface area contributed by atoms with Crippen LogP contribution < -0.4 is 16.4 Å². The molecule has 0 rings (SSSR count). The van der Waals surface area contributed by atoms with Crippen molar-refractivity contribution in [1.82, 2.24) is 10.6 Å².